The topological polar surface area (TPSA) is 33.3 Å². The highest BCUT2D eigenvalue weighted by Crippen LogP contribution is 2.11. The Balaban J connectivity index is 2.03. The summed E-state index contributed by atoms with van der Waals surface area (Å²) in [5, 5.41) is 7.15. The summed E-state index contributed by atoms with van der Waals surface area (Å²) in [6.07, 6.45) is 3.54. The van der Waals surface area contributed by atoms with Crippen LogP contribution in [0, 0.1) is 5.92 Å². The summed E-state index contributed by atoms with van der Waals surface area (Å²) in [6, 6.07) is 0. The van der Waals surface area contributed by atoms with E-state index in [1.165, 1.54) is 12.8 Å². The summed E-state index contributed by atoms with van der Waals surface area (Å²) in [5.74, 6) is 0.630. The molecule has 0 amide bonds. The van der Waals surface area contributed by atoms with Crippen LogP contribution in [0.15, 0.2) is 0 Å². The Morgan fingerprint density at radius 1 is 1.50 bits per heavy atom. The molecule has 1 saturated heterocycles. The lowest BCUT2D eigenvalue weighted by molar-refractivity contribution is 0.0565. The van der Waals surface area contributed by atoms with Crippen LogP contribution in [0.25, 0.3) is 0 Å². The molecule has 14 heavy (non-hydrogen) atoms. The van der Waals surface area contributed by atoms with Crippen LogP contribution in [0.4, 0.5) is 0 Å². The van der Waals surface area contributed by atoms with Crippen LogP contribution in [0.3, 0.4) is 0 Å². The number of thiocarbonyl (C=S) groups is 1. The normalized spacial score (nSPS) is 21.6. The molecule has 3 nitrogen and oxygen atoms in total. The zero-order valence-corrected chi connectivity index (χ0v) is 9.66. The standard InChI is InChI=1S/C10H20N2OS/c1-2-5-11-10(14)12-7-9-4-3-6-13-8-9/h9H,2-8H2,1H3,(H2,11,12,14). The van der Waals surface area contributed by atoms with E-state index in [4.69, 9.17) is 17.0 Å². The van der Waals surface area contributed by atoms with Crippen LogP contribution in [-0.2, 0) is 4.74 Å². The summed E-state index contributed by atoms with van der Waals surface area (Å²) < 4.78 is 5.39. The van der Waals surface area contributed by atoms with Crippen molar-refractivity contribution >= 4 is 17.3 Å². The van der Waals surface area contributed by atoms with Crippen molar-refractivity contribution in [3.63, 3.8) is 0 Å². The molecule has 0 aromatic carbocycles. The second-order valence-electron chi connectivity index (χ2n) is 3.72. The number of ether oxygens (including phenoxy) is 1. The van der Waals surface area contributed by atoms with Gasteiger partial charge in [0.2, 0.25) is 0 Å². The largest absolute Gasteiger partial charge is 0.381 e. The average molecular weight is 216 g/mol. The zero-order valence-electron chi connectivity index (χ0n) is 8.84. The quantitative estimate of drug-likeness (QED) is 0.694. The van der Waals surface area contributed by atoms with Gasteiger partial charge in [-0.2, -0.15) is 0 Å². The van der Waals surface area contributed by atoms with E-state index in [0.29, 0.717) is 5.92 Å². The number of rotatable bonds is 4. The minimum absolute atomic E-state index is 0.630. The molecular weight excluding hydrogens is 196 g/mol. The second-order valence-corrected chi connectivity index (χ2v) is 4.13. The molecule has 0 aromatic heterocycles. The van der Waals surface area contributed by atoms with Gasteiger partial charge in [-0.25, -0.2) is 0 Å². The first kappa shape index (κ1) is 11.7. The molecule has 1 aliphatic heterocycles. The SMILES string of the molecule is CCCNC(=S)NCC1CCCOC1. The van der Waals surface area contributed by atoms with Gasteiger partial charge in [-0.15, -0.1) is 0 Å². The molecule has 0 radical (unpaired) electrons. The average Bonchev–Trinajstić information content (AvgIpc) is 2.25. The monoisotopic (exact) mass is 216 g/mol. The van der Waals surface area contributed by atoms with Crippen molar-refractivity contribution in [3.05, 3.63) is 0 Å². The summed E-state index contributed by atoms with van der Waals surface area (Å²) in [5.41, 5.74) is 0. The van der Waals surface area contributed by atoms with Crippen LogP contribution in [-0.4, -0.2) is 31.4 Å². The fourth-order valence-electron chi connectivity index (χ4n) is 1.51. The summed E-state index contributed by atoms with van der Waals surface area (Å²) in [6.45, 7) is 5.82. The summed E-state index contributed by atoms with van der Waals surface area (Å²) in [7, 11) is 0. The van der Waals surface area contributed by atoms with Crippen molar-refractivity contribution in [2.24, 2.45) is 5.92 Å². The highest BCUT2D eigenvalue weighted by Gasteiger charge is 2.13. The Kier molecular flexibility index (Phi) is 5.87. The van der Waals surface area contributed by atoms with Crippen molar-refractivity contribution in [1.82, 2.24) is 10.6 Å². The van der Waals surface area contributed by atoms with Crippen LogP contribution < -0.4 is 10.6 Å². The van der Waals surface area contributed by atoms with E-state index in [-0.39, 0.29) is 0 Å². The van der Waals surface area contributed by atoms with E-state index in [1.807, 2.05) is 0 Å². The van der Waals surface area contributed by atoms with Crippen LogP contribution >= 0.6 is 12.2 Å². The van der Waals surface area contributed by atoms with Gasteiger partial charge in [-0.3, -0.25) is 0 Å². The predicted octanol–water partition coefficient (Wildman–Crippen LogP) is 1.29. The molecule has 4 heteroatoms. The summed E-state index contributed by atoms with van der Waals surface area (Å²) in [4.78, 5) is 0. The predicted molar refractivity (Wildman–Crippen MR) is 62.4 cm³/mol. The van der Waals surface area contributed by atoms with Crippen LogP contribution in [0.1, 0.15) is 26.2 Å². The molecule has 0 aromatic rings. The van der Waals surface area contributed by atoms with Crippen molar-refractivity contribution in [2.75, 3.05) is 26.3 Å². The second kappa shape index (κ2) is 7.01. The Labute approximate surface area is 91.6 Å². The highest BCUT2D eigenvalue weighted by molar-refractivity contribution is 7.80. The Hall–Kier alpha value is -0.350. The van der Waals surface area contributed by atoms with E-state index in [9.17, 15) is 0 Å². The number of nitrogens with one attached hydrogen (secondary N) is 2. The van der Waals surface area contributed by atoms with E-state index in [2.05, 4.69) is 17.6 Å². The Morgan fingerprint density at radius 3 is 3.00 bits per heavy atom. The van der Waals surface area contributed by atoms with E-state index in [0.717, 1.165) is 37.8 Å². The molecule has 1 rings (SSSR count). The molecule has 1 heterocycles. The lowest BCUT2D eigenvalue weighted by atomic mass is 10.0. The van der Waals surface area contributed by atoms with Crippen LogP contribution in [0.2, 0.25) is 0 Å². The first-order valence-electron chi connectivity index (χ1n) is 5.42. The number of hydrogen-bond acceptors (Lipinski definition) is 2. The van der Waals surface area contributed by atoms with E-state index >= 15 is 0 Å². The van der Waals surface area contributed by atoms with Gasteiger partial charge in [-0.05, 0) is 37.4 Å². The molecule has 82 valence electrons. The van der Waals surface area contributed by atoms with Crippen molar-refractivity contribution in [3.8, 4) is 0 Å². The molecule has 1 unspecified atom stereocenters. The lowest BCUT2D eigenvalue weighted by Gasteiger charge is -2.22. The van der Waals surface area contributed by atoms with Gasteiger partial charge >= 0.3 is 0 Å². The third-order valence-corrected chi connectivity index (χ3v) is 2.63. The van der Waals surface area contributed by atoms with E-state index < -0.39 is 0 Å². The molecule has 0 bridgehead atoms. The molecule has 1 fully saturated rings. The molecule has 0 spiro atoms. The maximum Gasteiger partial charge on any atom is 0.166 e. The molecule has 2 N–H and O–H groups in total. The summed E-state index contributed by atoms with van der Waals surface area (Å²) >= 11 is 5.12. The molecule has 1 atom stereocenters. The third kappa shape index (κ3) is 4.77. The van der Waals surface area contributed by atoms with Crippen molar-refractivity contribution < 1.29 is 4.74 Å². The van der Waals surface area contributed by atoms with Gasteiger partial charge in [0, 0.05) is 19.7 Å². The molecule has 0 saturated carbocycles. The van der Waals surface area contributed by atoms with Gasteiger partial charge in [0.1, 0.15) is 0 Å². The number of hydrogen-bond donors (Lipinski definition) is 2. The molecule has 0 aliphatic carbocycles. The first-order chi connectivity index (χ1) is 6.83. The fraction of sp³-hybridized carbons (Fsp3) is 0.900. The third-order valence-electron chi connectivity index (χ3n) is 2.34. The van der Waals surface area contributed by atoms with Crippen molar-refractivity contribution in [1.29, 1.82) is 0 Å². The van der Waals surface area contributed by atoms with E-state index in [1.54, 1.807) is 0 Å². The van der Waals surface area contributed by atoms with Gasteiger partial charge < -0.3 is 15.4 Å². The van der Waals surface area contributed by atoms with Gasteiger partial charge in [0.15, 0.2) is 5.11 Å². The molecule has 1 aliphatic rings. The Morgan fingerprint density at radius 2 is 2.36 bits per heavy atom. The highest BCUT2D eigenvalue weighted by atomic mass is 32.1. The zero-order chi connectivity index (χ0) is 10.2. The van der Waals surface area contributed by atoms with Gasteiger partial charge in [0.25, 0.3) is 0 Å². The van der Waals surface area contributed by atoms with Gasteiger partial charge in [0.05, 0.1) is 6.61 Å². The maximum atomic E-state index is 5.39. The lowest BCUT2D eigenvalue weighted by Crippen LogP contribution is -2.39. The van der Waals surface area contributed by atoms with Crippen LogP contribution in [0.5, 0.6) is 0 Å². The minimum atomic E-state index is 0.630. The van der Waals surface area contributed by atoms with Gasteiger partial charge in [-0.1, -0.05) is 6.92 Å². The smallest absolute Gasteiger partial charge is 0.166 e. The Bertz CT molecular complexity index is 170. The fourth-order valence-corrected chi connectivity index (χ4v) is 1.69. The molecular formula is C10H20N2OS. The maximum absolute atomic E-state index is 5.39. The van der Waals surface area contributed by atoms with Crippen molar-refractivity contribution in [2.45, 2.75) is 26.2 Å². The minimum Gasteiger partial charge on any atom is -0.381 e. The first-order valence-corrected chi connectivity index (χ1v) is 5.83.